The van der Waals surface area contributed by atoms with E-state index >= 15 is 0 Å². The second-order valence-corrected chi connectivity index (χ2v) is 7.36. The van der Waals surface area contributed by atoms with Crippen LogP contribution in [0.4, 0.5) is 28.4 Å². The Hall–Kier alpha value is -5.06. The summed E-state index contributed by atoms with van der Waals surface area (Å²) in [6, 6.07) is 1.60. The number of nitriles is 1. The fourth-order valence-electron chi connectivity index (χ4n) is 3.54. The number of halogens is 3. The summed E-state index contributed by atoms with van der Waals surface area (Å²) in [5, 5.41) is 20.0. The van der Waals surface area contributed by atoms with Crippen LogP contribution in [0.1, 0.15) is 12.5 Å². The minimum absolute atomic E-state index is 0.0196. The van der Waals surface area contributed by atoms with Crippen LogP contribution >= 0.6 is 0 Å². The molecule has 194 valence electrons. The number of alkyl halides is 3. The van der Waals surface area contributed by atoms with Gasteiger partial charge in [0.2, 0.25) is 5.96 Å². The normalized spacial score (nSPS) is 16.8. The van der Waals surface area contributed by atoms with Gasteiger partial charge in [-0.2, -0.15) is 18.4 Å². The summed E-state index contributed by atoms with van der Waals surface area (Å²) in [6.45, 7) is 4.75. The predicted octanol–water partition coefficient (Wildman–Crippen LogP) is 2.84. The summed E-state index contributed by atoms with van der Waals surface area (Å²) < 4.78 is 44.9. The molecule has 0 fully saturated rings. The highest BCUT2D eigenvalue weighted by molar-refractivity contribution is 6.10. The molecule has 14 heteroatoms. The lowest BCUT2D eigenvalue weighted by molar-refractivity contribution is -0.138. The molecule has 1 aromatic carbocycles. The zero-order chi connectivity index (χ0) is 28.1. The Morgan fingerprint density at radius 1 is 1.27 bits per heavy atom. The number of nitrogens with zero attached hydrogens (tertiary/aromatic N) is 3. The van der Waals surface area contributed by atoms with E-state index in [1.54, 1.807) is 0 Å². The summed E-state index contributed by atoms with van der Waals surface area (Å²) >= 11 is 0. The Morgan fingerprint density at radius 2 is 1.92 bits per heavy atom. The van der Waals surface area contributed by atoms with Crippen molar-refractivity contribution in [2.45, 2.75) is 19.1 Å². The molecular formula is C23H22F3N7O4. The van der Waals surface area contributed by atoms with Crippen molar-refractivity contribution >= 4 is 29.7 Å². The number of benzene rings is 1. The first-order valence-corrected chi connectivity index (χ1v) is 10.2. The summed E-state index contributed by atoms with van der Waals surface area (Å²) in [4.78, 5) is 38.7. The SMILES string of the molecule is C=C/C(C#N)=C\C=C(/NC(N)=O)C1C(C(=O)OC)=C(C)N(c2cccc(C(F)(F)F)c2)C(=N)N1C(N)=O. The van der Waals surface area contributed by atoms with Gasteiger partial charge < -0.3 is 21.5 Å². The van der Waals surface area contributed by atoms with Gasteiger partial charge in [-0.1, -0.05) is 18.7 Å². The number of guanidine groups is 1. The highest BCUT2D eigenvalue weighted by Crippen LogP contribution is 2.37. The molecule has 0 aromatic heterocycles. The van der Waals surface area contributed by atoms with Gasteiger partial charge in [0.25, 0.3) is 0 Å². The van der Waals surface area contributed by atoms with Crippen molar-refractivity contribution < 1.29 is 32.3 Å². The van der Waals surface area contributed by atoms with Crippen LogP contribution in [0.25, 0.3) is 0 Å². The number of nitrogens with two attached hydrogens (primary N) is 2. The Balaban J connectivity index is 2.93. The number of amides is 4. The standard InChI is InChI=1S/C23H22F3N7O4/c1-4-13(11-27)8-9-16(31-20(28)35)18-17(19(34)37-3)12(2)32(21(29)33(18)22(30)36)15-7-5-6-14(10-15)23(24,25)26/h4-10,18,29H,1H2,2-3H3,(H2,30,36)(H3,28,31,35)/b13-8+,16-9-,29-21?. The second-order valence-electron chi connectivity index (χ2n) is 7.36. The number of carbonyl (C=O) groups is 3. The van der Waals surface area contributed by atoms with Crippen LogP contribution in [-0.2, 0) is 15.7 Å². The fraction of sp³-hybridized carbons (Fsp3) is 0.174. The molecule has 1 aliphatic heterocycles. The molecule has 0 saturated heterocycles. The van der Waals surface area contributed by atoms with E-state index in [0.29, 0.717) is 4.90 Å². The number of hydrogen-bond donors (Lipinski definition) is 4. The van der Waals surface area contributed by atoms with Crippen molar-refractivity contribution in [3.05, 3.63) is 77.2 Å². The number of esters is 1. The van der Waals surface area contributed by atoms with Crippen LogP contribution in [-0.4, -0.2) is 42.0 Å². The van der Waals surface area contributed by atoms with Crippen LogP contribution in [0.2, 0.25) is 0 Å². The number of allylic oxidation sites excluding steroid dienone is 5. The van der Waals surface area contributed by atoms with E-state index in [2.05, 4.69) is 11.9 Å². The van der Waals surface area contributed by atoms with Gasteiger partial charge in [0.15, 0.2) is 0 Å². The molecule has 0 radical (unpaired) electrons. The molecule has 1 aliphatic rings. The van der Waals surface area contributed by atoms with Crippen molar-refractivity contribution in [3.8, 4) is 6.07 Å². The van der Waals surface area contributed by atoms with E-state index in [1.807, 2.05) is 6.07 Å². The van der Waals surface area contributed by atoms with E-state index in [4.69, 9.17) is 26.9 Å². The Kier molecular flexibility index (Phi) is 8.47. The van der Waals surface area contributed by atoms with E-state index in [1.165, 1.54) is 25.1 Å². The highest BCUT2D eigenvalue weighted by Gasteiger charge is 2.45. The van der Waals surface area contributed by atoms with Gasteiger partial charge in [0, 0.05) is 17.1 Å². The first-order chi connectivity index (χ1) is 17.3. The Bertz CT molecular complexity index is 1290. The van der Waals surface area contributed by atoms with Crippen molar-refractivity contribution in [3.63, 3.8) is 0 Å². The number of methoxy groups -OCH3 is 1. The van der Waals surface area contributed by atoms with Crippen molar-refractivity contribution in [1.82, 2.24) is 10.2 Å². The molecule has 0 aliphatic carbocycles. The number of urea groups is 2. The van der Waals surface area contributed by atoms with Crippen LogP contribution in [0, 0.1) is 16.7 Å². The molecule has 1 heterocycles. The minimum atomic E-state index is -4.72. The highest BCUT2D eigenvalue weighted by atomic mass is 19.4. The maximum atomic E-state index is 13.4. The quantitative estimate of drug-likeness (QED) is 0.256. The minimum Gasteiger partial charge on any atom is -0.466 e. The topological polar surface area (TPSA) is 179 Å². The molecule has 1 aromatic rings. The lowest BCUT2D eigenvalue weighted by Gasteiger charge is -2.43. The Labute approximate surface area is 209 Å². The third-order valence-corrected chi connectivity index (χ3v) is 5.12. The van der Waals surface area contributed by atoms with Gasteiger partial charge in [-0.3, -0.25) is 15.2 Å². The molecule has 1 unspecified atom stereocenters. The second kappa shape index (κ2) is 11.1. The summed E-state index contributed by atoms with van der Waals surface area (Å²) in [6.07, 6.45) is -1.22. The Morgan fingerprint density at radius 3 is 2.41 bits per heavy atom. The first kappa shape index (κ1) is 28.2. The fourth-order valence-corrected chi connectivity index (χ4v) is 3.54. The van der Waals surface area contributed by atoms with E-state index in [9.17, 15) is 27.6 Å². The molecule has 0 spiro atoms. The van der Waals surface area contributed by atoms with Crippen LogP contribution < -0.4 is 21.7 Å². The molecular weight excluding hydrogens is 495 g/mol. The van der Waals surface area contributed by atoms with Crippen LogP contribution in [0.5, 0.6) is 0 Å². The largest absolute Gasteiger partial charge is 0.466 e. The molecule has 11 nitrogen and oxygen atoms in total. The molecule has 4 amide bonds. The summed E-state index contributed by atoms with van der Waals surface area (Å²) in [5.41, 5.74) is 8.80. The maximum absolute atomic E-state index is 13.4. The van der Waals surface area contributed by atoms with E-state index in [-0.39, 0.29) is 28.2 Å². The lowest BCUT2D eigenvalue weighted by Crippen LogP contribution is -2.61. The zero-order valence-electron chi connectivity index (χ0n) is 19.6. The number of hydrogen-bond acceptors (Lipinski definition) is 6. The zero-order valence-corrected chi connectivity index (χ0v) is 19.6. The number of anilines is 1. The summed E-state index contributed by atoms with van der Waals surface area (Å²) in [5.74, 6) is -1.80. The predicted molar refractivity (Wildman–Crippen MR) is 126 cm³/mol. The van der Waals surface area contributed by atoms with Gasteiger partial charge in [0.1, 0.15) is 6.04 Å². The number of carbonyl (C=O) groups excluding carboxylic acids is 3. The van der Waals surface area contributed by atoms with Gasteiger partial charge >= 0.3 is 24.2 Å². The average Bonchev–Trinajstić information content (AvgIpc) is 2.82. The lowest BCUT2D eigenvalue weighted by atomic mass is 9.95. The molecule has 6 N–H and O–H groups in total. The molecule has 0 saturated carbocycles. The van der Waals surface area contributed by atoms with Crippen molar-refractivity contribution in [2.24, 2.45) is 11.5 Å². The van der Waals surface area contributed by atoms with Crippen molar-refractivity contribution in [1.29, 1.82) is 10.7 Å². The van der Waals surface area contributed by atoms with E-state index < -0.39 is 41.8 Å². The third kappa shape index (κ3) is 5.96. The number of primary amides is 2. The molecule has 37 heavy (non-hydrogen) atoms. The van der Waals surface area contributed by atoms with Crippen LogP contribution in [0.3, 0.4) is 0 Å². The maximum Gasteiger partial charge on any atom is 0.416 e. The van der Waals surface area contributed by atoms with Gasteiger partial charge in [-0.15, -0.1) is 0 Å². The van der Waals surface area contributed by atoms with Gasteiger partial charge in [-0.05, 0) is 37.3 Å². The third-order valence-electron chi connectivity index (χ3n) is 5.12. The van der Waals surface area contributed by atoms with Gasteiger partial charge in [-0.25, -0.2) is 14.4 Å². The number of ether oxygens (including phenoxy) is 1. The monoisotopic (exact) mass is 517 g/mol. The molecule has 2 rings (SSSR count). The van der Waals surface area contributed by atoms with Crippen molar-refractivity contribution in [2.75, 3.05) is 12.0 Å². The first-order valence-electron chi connectivity index (χ1n) is 10.2. The number of rotatable bonds is 6. The molecule has 0 bridgehead atoms. The molecule has 1 atom stereocenters. The van der Waals surface area contributed by atoms with E-state index in [0.717, 1.165) is 36.3 Å². The summed E-state index contributed by atoms with van der Waals surface area (Å²) in [7, 11) is 1.01. The van der Waals surface area contributed by atoms with Crippen LogP contribution in [0.15, 0.2) is 71.6 Å². The average molecular weight is 517 g/mol. The smallest absolute Gasteiger partial charge is 0.416 e. The number of nitrogens with one attached hydrogen (secondary N) is 2. The van der Waals surface area contributed by atoms with Gasteiger partial charge in [0.05, 0.1) is 29.9 Å².